The predicted molar refractivity (Wildman–Crippen MR) is 80.0 cm³/mol. The second-order valence-corrected chi connectivity index (χ2v) is 6.10. The van der Waals surface area contributed by atoms with Crippen molar-refractivity contribution in [2.45, 2.75) is 20.8 Å². The van der Waals surface area contributed by atoms with Gasteiger partial charge in [-0.1, -0.05) is 20.8 Å². The molecule has 0 aliphatic rings. The minimum atomic E-state index is -0.346. The number of imidazole rings is 1. The summed E-state index contributed by atoms with van der Waals surface area (Å²) in [5.74, 6) is 0.457. The maximum Gasteiger partial charge on any atom is 0.337 e. The lowest BCUT2D eigenvalue weighted by atomic mass is 9.97. The number of rotatable bonds is 3. The van der Waals surface area contributed by atoms with E-state index in [1.165, 1.54) is 7.11 Å². The Labute approximate surface area is 118 Å². The van der Waals surface area contributed by atoms with Gasteiger partial charge in [-0.3, -0.25) is 0 Å². The SMILES string of the molecule is COC(=O)c1ccc2c(c1)nc(NCC(C)(C)C)n2C. The Kier molecular flexibility index (Phi) is 3.70. The minimum Gasteiger partial charge on any atom is -0.465 e. The van der Waals surface area contributed by atoms with Gasteiger partial charge in [0.15, 0.2) is 0 Å². The molecule has 0 amide bonds. The Balaban J connectivity index is 2.34. The summed E-state index contributed by atoms with van der Waals surface area (Å²) < 4.78 is 6.71. The van der Waals surface area contributed by atoms with Gasteiger partial charge in [-0.2, -0.15) is 0 Å². The van der Waals surface area contributed by atoms with Crippen LogP contribution in [0.3, 0.4) is 0 Å². The van der Waals surface area contributed by atoms with Gasteiger partial charge in [0.2, 0.25) is 5.95 Å². The smallest absolute Gasteiger partial charge is 0.337 e. The zero-order valence-corrected chi connectivity index (χ0v) is 12.7. The average molecular weight is 275 g/mol. The number of esters is 1. The first-order valence-electron chi connectivity index (χ1n) is 6.60. The first-order valence-corrected chi connectivity index (χ1v) is 6.60. The normalized spacial score (nSPS) is 11.7. The predicted octanol–water partition coefficient (Wildman–Crippen LogP) is 2.82. The lowest BCUT2D eigenvalue weighted by Gasteiger charge is -2.19. The highest BCUT2D eigenvalue weighted by molar-refractivity contribution is 5.94. The third-order valence-electron chi connectivity index (χ3n) is 3.08. The van der Waals surface area contributed by atoms with Crippen LogP contribution in [0.15, 0.2) is 18.2 Å². The van der Waals surface area contributed by atoms with E-state index in [4.69, 9.17) is 4.74 Å². The fourth-order valence-corrected chi connectivity index (χ4v) is 1.95. The molecule has 0 atom stereocenters. The molecule has 5 nitrogen and oxygen atoms in total. The van der Waals surface area contributed by atoms with Crippen LogP contribution in [0.25, 0.3) is 11.0 Å². The van der Waals surface area contributed by atoms with E-state index in [1.54, 1.807) is 12.1 Å². The fraction of sp³-hybridized carbons (Fsp3) is 0.467. The van der Waals surface area contributed by atoms with Gasteiger partial charge in [0.25, 0.3) is 0 Å². The number of ether oxygens (including phenoxy) is 1. The Morgan fingerprint density at radius 3 is 2.70 bits per heavy atom. The molecule has 0 saturated carbocycles. The zero-order valence-electron chi connectivity index (χ0n) is 12.7. The largest absolute Gasteiger partial charge is 0.465 e. The molecule has 0 saturated heterocycles. The molecule has 2 rings (SSSR count). The molecular formula is C15H21N3O2. The molecule has 5 heteroatoms. The molecule has 1 N–H and O–H groups in total. The number of hydrogen-bond donors (Lipinski definition) is 1. The number of nitrogens with zero attached hydrogens (tertiary/aromatic N) is 2. The number of aryl methyl sites for hydroxylation is 1. The van der Waals surface area contributed by atoms with E-state index in [2.05, 4.69) is 31.1 Å². The van der Waals surface area contributed by atoms with Gasteiger partial charge in [-0.25, -0.2) is 9.78 Å². The van der Waals surface area contributed by atoms with E-state index in [-0.39, 0.29) is 11.4 Å². The average Bonchev–Trinajstić information content (AvgIpc) is 2.71. The van der Waals surface area contributed by atoms with E-state index in [0.717, 1.165) is 23.5 Å². The van der Waals surface area contributed by atoms with Crippen molar-refractivity contribution in [1.82, 2.24) is 9.55 Å². The van der Waals surface area contributed by atoms with Gasteiger partial charge < -0.3 is 14.6 Å². The van der Waals surface area contributed by atoms with E-state index < -0.39 is 0 Å². The topological polar surface area (TPSA) is 56.1 Å². The number of nitrogens with one attached hydrogen (secondary N) is 1. The molecule has 1 aromatic heterocycles. The lowest BCUT2D eigenvalue weighted by molar-refractivity contribution is 0.0601. The van der Waals surface area contributed by atoms with Gasteiger partial charge in [0, 0.05) is 13.6 Å². The summed E-state index contributed by atoms with van der Waals surface area (Å²) in [6.45, 7) is 7.32. The number of benzene rings is 1. The Bertz CT molecular complexity index is 638. The lowest BCUT2D eigenvalue weighted by Crippen LogP contribution is -2.20. The highest BCUT2D eigenvalue weighted by Gasteiger charge is 2.14. The number of carbonyl (C=O) groups excluding carboxylic acids is 1. The summed E-state index contributed by atoms with van der Waals surface area (Å²) in [5.41, 5.74) is 2.45. The van der Waals surface area contributed by atoms with Gasteiger partial charge in [0.1, 0.15) is 0 Å². The highest BCUT2D eigenvalue weighted by atomic mass is 16.5. The molecule has 0 unspecified atom stereocenters. The first kappa shape index (κ1) is 14.4. The van der Waals surface area contributed by atoms with E-state index in [0.29, 0.717) is 5.56 Å². The molecule has 0 fully saturated rings. The maximum atomic E-state index is 11.5. The summed E-state index contributed by atoms with van der Waals surface area (Å²) in [5, 5.41) is 3.34. The molecule has 1 heterocycles. The number of hydrogen-bond acceptors (Lipinski definition) is 4. The molecule has 1 aromatic carbocycles. The van der Waals surface area contributed by atoms with Crippen molar-refractivity contribution in [3.05, 3.63) is 23.8 Å². The monoisotopic (exact) mass is 275 g/mol. The van der Waals surface area contributed by atoms with Crippen molar-refractivity contribution in [3.63, 3.8) is 0 Å². The fourth-order valence-electron chi connectivity index (χ4n) is 1.95. The number of anilines is 1. The molecule has 108 valence electrons. The highest BCUT2D eigenvalue weighted by Crippen LogP contribution is 2.21. The Morgan fingerprint density at radius 1 is 1.40 bits per heavy atom. The van der Waals surface area contributed by atoms with Gasteiger partial charge >= 0.3 is 5.97 Å². The summed E-state index contributed by atoms with van der Waals surface area (Å²) in [6.07, 6.45) is 0. The van der Waals surface area contributed by atoms with Crippen LogP contribution >= 0.6 is 0 Å². The van der Waals surface area contributed by atoms with Crippen LogP contribution in [-0.4, -0.2) is 29.2 Å². The third kappa shape index (κ3) is 2.92. The van der Waals surface area contributed by atoms with E-state index >= 15 is 0 Å². The van der Waals surface area contributed by atoms with Crippen molar-refractivity contribution in [2.75, 3.05) is 19.0 Å². The minimum absolute atomic E-state index is 0.176. The standard InChI is InChI=1S/C15H21N3O2/c1-15(2,3)9-16-14-17-11-8-10(13(19)20-5)6-7-12(11)18(14)4/h6-8H,9H2,1-5H3,(H,16,17). The molecule has 0 spiro atoms. The van der Waals surface area contributed by atoms with Crippen LogP contribution in [0, 0.1) is 5.41 Å². The molecule has 0 aliphatic carbocycles. The van der Waals surface area contributed by atoms with Crippen molar-refractivity contribution in [2.24, 2.45) is 12.5 Å². The van der Waals surface area contributed by atoms with Crippen molar-refractivity contribution in [3.8, 4) is 0 Å². The van der Waals surface area contributed by atoms with Gasteiger partial charge in [-0.15, -0.1) is 0 Å². The Hall–Kier alpha value is -2.04. The number of methoxy groups -OCH3 is 1. The summed E-state index contributed by atoms with van der Waals surface area (Å²) in [4.78, 5) is 16.1. The second kappa shape index (κ2) is 5.15. The molecule has 2 aromatic rings. The number of aromatic nitrogens is 2. The summed E-state index contributed by atoms with van der Waals surface area (Å²) >= 11 is 0. The molecule has 20 heavy (non-hydrogen) atoms. The van der Waals surface area contributed by atoms with Crippen LogP contribution in [0.4, 0.5) is 5.95 Å². The van der Waals surface area contributed by atoms with Crippen molar-refractivity contribution in [1.29, 1.82) is 0 Å². The van der Waals surface area contributed by atoms with Crippen LogP contribution in [-0.2, 0) is 11.8 Å². The quantitative estimate of drug-likeness (QED) is 0.875. The van der Waals surface area contributed by atoms with Gasteiger partial charge in [0.05, 0.1) is 23.7 Å². The number of fused-ring (bicyclic) bond motifs is 1. The van der Waals surface area contributed by atoms with Crippen LogP contribution in [0.2, 0.25) is 0 Å². The molecule has 0 bridgehead atoms. The van der Waals surface area contributed by atoms with E-state index in [1.807, 2.05) is 17.7 Å². The van der Waals surface area contributed by atoms with Crippen molar-refractivity contribution >= 4 is 23.0 Å². The summed E-state index contributed by atoms with van der Waals surface area (Å²) in [6, 6.07) is 5.39. The van der Waals surface area contributed by atoms with Crippen LogP contribution < -0.4 is 5.32 Å². The zero-order chi connectivity index (χ0) is 14.9. The Morgan fingerprint density at radius 2 is 2.10 bits per heavy atom. The third-order valence-corrected chi connectivity index (χ3v) is 3.08. The first-order chi connectivity index (χ1) is 9.31. The molecule has 0 radical (unpaired) electrons. The number of carbonyl (C=O) groups is 1. The summed E-state index contributed by atoms with van der Waals surface area (Å²) in [7, 11) is 3.33. The van der Waals surface area contributed by atoms with Crippen LogP contribution in [0.1, 0.15) is 31.1 Å². The van der Waals surface area contributed by atoms with Crippen LogP contribution in [0.5, 0.6) is 0 Å². The second-order valence-electron chi connectivity index (χ2n) is 6.10. The molecular weight excluding hydrogens is 254 g/mol. The van der Waals surface area contributed by atoms with Gasteiger partial charge in [-0.05, 0) is 23.6 Å². The van der Waals surface area contributed by atoms with Crippen molar-refractivity contribution < 1.29 is 9.53 Å². The maximum absolute atomic E-state index is 11.5. The van der Waals surface area contributed by atoms with E-state index in [9.17, 15) is 4.79 Å². The molecule has 0 aliphatic heterocycles.